The molecule has 0 saturated carbocycles. The molecular formula is C15H19NOS. The van der Waals surface area contributed by atoms with Gasteiger partial charge in [-0.2, -0.15) is 0 Å². The molecule has 3 rings (SSSR count). The van der Waals surface area contributed by atoms with Crippen molar-refractivity contribution in [2.75, 3.05) is 20.3 Å². The molecule has 1 saturated heterocycles. The summed E-state index contributed by atoms with van der Waals surface area (Å²) in [5.41, 5.74) is 1.57. The molecule has 0 atom stereocenters. The Labute approximate surface area is 112 Å². The summed E-state index contributed by atoms with van der Waals surface area (Å²) in [5, 5.41) is 7.16. The first-order chi connectivity index (χ1) is 8.61. The van der Waals surface area contributed by atoms with Gasteiger partial charge in [0.05, 0.1) is 18.6 Å². The van der Waals surface area contributed by atoms with Crippen LogP contribution in [0, 0.1) is 0 Å². The summed E-state index contributed by atoms with van der Waals surface area (Å²) >= 11 is 1.83. The molecule has 18 heavy (non-hydrogen) atoms. The van der Waals surface area contributed by atoms with Crippen LogP contribution in [-0.4, -0.2) is 25.8 Å². The van der Waals surface area contributed by atoms with Crippen LogP contribution in [0.15, 0.2) is 29.6 Å². The molecule has 2 heterocycles. The van der Waals surface area contributed by atoms with Gasteiger partial charge in [-0.1, -0.05) is 18.2 Å². The van der Waals surface area contributed by atoms with E-state index in [9.17, 15) is 0 Å². The van der Waals surface area contributed by atoms with E-state index in [0.29, 0.717) is 0 Å². The number of ether oxygens (including phenoxy) is 1. The van der Waals surface area contributed by atoms with Crippen molar-refractivity contribution in [1.29, 1.82) is 0 Å². The van der Waals surface area contributed by atoms with Crippen molar-refractivity contribution < 1.29 is 4.74 Å². The topological polar surface area (TPSA) is 21.3 Å². The highest BCUT2D eigenvalue weighted by Gasteiger charge is 2.52. The van der Waals surface area contributed by atoms with Gasteiger partial charge in [0.25, 0.3) is 0 Å². The largest absolute Gasteiger partial charge is 0.379 e. The Kier molecular flexibility index (Phi) is 2.73. The van der Waals surface area contributed by atoms with Crippen molar-refractivity contribution in [2.24, 2.45) is 0 Å². The van der Waals surface area contributed by atoms with E-state index in [0.717, 1.165) is 13.2 Å². The van der Waals surface area contributed by atoms with Gasteiger partial charge in [-0.15, -0.1) is 11.3 Å². The van der Waals surface area contributed by atoms with E-state index < -0.39 is 0 Å². The lowest BCUT2D eigenvalue weighted by atomic mass is 9.65. The van der Waals surface area contributed by atoms with Crippen LogP contribution in [0.1, 0.15) is 19.4 Å². The lowest BCUT2D eigenvalue weighted by Crippen LogP contribution is -2.65. The lowest BCUT2D eigenvalue weighted by Gasteiger charge is -2.52. The van der Waals surface area contributed by atoms with Crippen LogP contribution < -0.4 is 5.32 Å². The number of nitrogens with one attached hydrogen (secondary N) is 1. The molecule has 1 aliphatic heterocycles. The average molecular weight is 261 g/mol. The number of rotatable bonds is 3. The molecule has 3 heteroatoms. The van der Waals surface area contributed by atoms with Crippen LogP contribution in [-0.2, 0) is 10.2 Å². The molecule has 0 spiro atoms. The number of hydrogen-bond donors (Lipinski definition) is 1. The number of likely N-dealkylation sites (N-methyl/N-ethyl adjacent to an activating group) is 1. The number of thiophene rings is 1. The predicted molar refractivity (Wildman–Crippen MR) is 77.5 cm³/mol. The fourth-order valence-corrected chi connectivity index (χ4v) is 3.81. The van der Waals surface area contributed by atoms with Gasteiger partial charge >= 0.3 is 0 Å². The molecule has 96 valence electrons. The first kappa shape index (κ1) is 12.2. The molecule has 1 aromatic heterocycles. The van der Waals surface area contributed by atoms with Crippen LogP contribution in [0.2, 0.25) is 0 Å². The zero-order valence-corrected chi connectivity index (χ0v) is 11.9. The van der Waals surface area contributed by atoms with Gasteiger partial charge in [-0.3, -0.25) is 0 Å². The Balaban J connectivity index is 2.18. The van der Waals surface area contributed by atoms with Crippen molar-refractivity contribution in [3.8, 4) is 0 Å². The van der Waals surface area contributed by atoms with E-state index in [-0.39, 0.29) is 11.0 Å². The van der Waals surface area contributed by atoms with E-state index in [4.69, 9.17) is 4.74 Å². The van der Waals surface area contributed by atoms with E-state index in [1.54, 1.807) is 0 Å². The third-order valence-corrected chi connectivity index (χ3v) is 5.48. The highest BCUT2D eigenvalue weighted by atomic mass is 32.1. The summed E-state index contributed by atoms with van der Waals surface area (Å²) in [6.07, 6.45) is 0. The SMILES string of the molecule is CNC(C)(C)C1(c2csc3ccccc23)COC1. The summed E-state index contributed by atoms with van der Waals surface area (Å²) in [6.45, 7) is 6.15. The second-order valence-corrected chi connectivity index (χ2v) is 6.51. The van der Waals surface area contributed by atoms with E-state index in [1.165, 1.54) is 15.6 Å². The van der Waals surface area contributed by atoms with Crippen molar-refractivity contribution >= 4 is 21.4 Å². The van der Waals surface area contributed by atoms with Crippen LogP contribution in [0.25, 0.3) is 10.1 Å². The minimum absolute atomic E-state index is 0.0368. The summed E-state index contributed by atoms with van der Waals surface area (Å²) in [7, 11) is 2.04. The van der Waals surface area contributed by atoms with Gasteiger partial charge in [0.2, 0.25) is 0 Å². The molecule has 0 amide bonds. The highest BCUT2D eigenvalue weighted by Crippen LogP contribution is 2.46. The van der Waals surface area contributed by atoms with E-state index >= 15 is 0 Å². The highest BCUT2D eigenvalue weighted by molar-refractivity contribution is 7.17. The standard InChI is InChI=1S/C15H19NOS/c1-14(2,16-3)15(9-17-10-15)12-8-18-13-7-5-4-6-11(12)13/h4-8,16H,9-10H2,1-3H3. The maximum atomic E-state index is 5.56. The first-order valence-corrected chi connectivity index (χ1v) is 7.22. The van der Waals surface area contributed by atoms with Gasteiger partial charge in [-0.05, 0) is 43.3 Å². The minimum Gasteiger partial charge on any atom is -0.379 e. The first-order valence-electron chi connectivity index (χ1n) is 6.34. The van der Waals surface area contributed by atoms with Crippen molar-refractivity contribution in [2.45, 2.75) is 24.8 Å². The molecular weight excluding hydrogens is 242 g/mol. The Morgan fingerprint density at radius 3 is 2.61 bits per heavy atom. The number of benzene rings is 1. The fourth-order valence-electron chi connectivity index (χ4n) is 2.75. The van der Waals surface area contributed by atoms with Gasteiger partial charge in [0, 0.05) is 10.2 Å². The number of hydrogen-bond acceptors (Lipinski definition) is 3. The normalized spacial score (nSPS) is 18.8. The zero-order chi connectivity index (χ0) is 12.8. The zero-order valence-electron chi connectivity index (χ0n) is 11.1. The summed E-state index contributed by atoms with van der Waals surface area (Å²) in [5.74, 6) is 0. The van der Waals surface area contributed by atoms with E-state index in [1.807, 2.05) is 18.4 Å². The summed E-state index contributed by atoms with van der Waals surface area (Å²) < 4.78 is 6.93. The molecule has 0 radical (unpaired) electrons. The monoisotopic (exact) mass is 261 g/mol. The molecule has 1 aromatic carbocycles. The summed E-state index contributed by atoms with van der Waals surface area (Å²) in [6, 6.07) is 8.66. The maximum absolute atomic E-state index is 5.56. The molecule has 1 N–H and O–H groups in total. The second kappa shape index (κ2) is 4.05. The van der Waals surface area contributed by atoms with Crippen LogP contribution in [0.5, 0.6) is 0 Å². The van der Waals surface area contributed by atoms with E-state index in [2.05, 4.69) is 48.8 Å². The molecule has 0 unspecified atom stereocenters. The number of fused-ring (bicyclic) bond motifs is 1. The van der Waals surface area contributed by atoms with Gasteiger partial charge in [0.15, 0.2) is 0 Å². The molecule has 2 aromatic rings. The fraction of sp³-hybridized carbons (Fsp3) is 0.467. The van der Waals surface area contributed by atoms with Crippen LogP contribution in [0.4, 0.5) is 0 Å². The average Bonchev–Trinajstić information content (AvgIpc) is 2.72. The Morgan fingerprint density at radius 1 is 1.28 bits per heavy atom. The van der Waals surface area contributed by atoms with Crippen LogP contribution in [0.3, 0.4) is 0 Å². The quantitative estimate of drug-likeness (QED) is 0.916. The second-order valence-electron chi connectivity index (χ2n) is 5.60. The molecule has 1 fully saturated rings. The summed E-state index contributed by atoms with van der Waals surface area (Å²) in [4.78, 5) is 0. The third-order valence-electron chi connectivity index (χ3n) is 4.51. The predicted octanol–water partition coefficient (Wildman–Crippen LogP) is 3.17. The third kappa shape index (κ3) is 1.48. The van der Waals surface area contributed by atoms with Crippen LogP contribution >= 0.6 is 11.3 Å². The Hall–Kier alpha value is -0.900. The Morgan fingerprint density at radius 2 is 2.00 bits per heavy atom. The van der Waals surface area contributed by atoms with Gasteiger partial charge in [0.1, 0.15) is 0 Å². The molecule has 1 aliphatic rings. The molecule has 2 nitrogen and oxygen atoms in total. The van der Waals surface area contributed by atoms with Gasteiger partial charge in [-0.25, -0.2) is 0 Å². The van der Waals surface area contributed by atoms with Crippen molar-refractivity contribution in [1.82, 2.24) is 5.32 Å². The van der Waals surface area contributed by atoms with Crippen molar-refractivity contribution in [3.05, 3.63) is 35.2 Å². The Bertz CT molecular complexity index is 569. The van der Waals surface area contributed by atoms with Crippen molar-refractivity contribution in [3.63, 3.8) is 0 Å². The molecule has 0 bridgehead atoms. The lowest BCUT2D eigenvalue weighted by molar-refractivity contribution is -0.0981. The molecule has 0 aliphatic carbocycles. The van der Waals surface area contributed by atoms with Gasteiger partial charge < -0.3 is 10.1 Å². The minimum atomic E-state index is 0.0368. The maximum Gasteiger partial charge on any atom is 0.0610 e. The smallest absolute Gasteiger partial charge is 0.0610 e.